The molecule has 2 amide bonds. The number of cyclic esters (lactones) is 1. The van der Waals surface area contributed by atoms with Crippen molar-refractivity contribution in [2.75, 3.05) is 68.2 Å². The van der Waals surface area contributed by atoms with Crippen molar-refractivity contribution >= 4 is 52.5 Å². The van der Waals surface area contributed by atoms with Gasteiger partial charge in [0, 0.05) is 37.6 Å². The second-order valence-corrected chi connectivity index (χ2v) is 9.84. The number of nitrogens with zero attached hydrogens (tertiary/aromatic N) is 6. The monoisotopic (exact) mass is 587 g/mol. The third-order valence-electron chi connectivity index (χ3n) is 6.59. The maximum absolute atomic E-state index is 12.6. The van der Waals surface area contributed by atoms with Gasteiger partial charge in [0.25, 0.3) is 5.91 Å². The first-order valence-electron chi connectivity index (χ1n) is 12.5. The molecule has 0 spiro atoms. The first kappa shape index (κ1) is 27.5. The number of amides is 2. The number of ether oxygens (including phenoxy) is 3. The van der Waals surface area contributed by atoms with Crippen LogP contribution in [0.5, 0.6) is 12.0 Å². The Balaban J connectivity index is 1.15. The standard InChI is InChI=1S/C26H27Cl2N7O5/c1-38-24-30-23(31-25(32-24)39-2)34-12-10-33(11-13-34)16-6-8-17(9-7-16)35-15-18(40-26(35)37)14-29-22(36)21-19(27)4-3-5-20(21)28/h3-9,18H,10-15H2,1-2H3,(H,29,36). The maximum Gasteiger partial charge on any atom is 0.414 e. The highest BCUT2D eigenvalue weighted by atomic mass is 35.5. The summed E-state index contributed by atoms with van der Waals surface area (Å²) in [4.78, 5) is 43.7. The van der Waals surface area contributed by atoms with E-state index in [9.17, 15) is 9.59 Å². The average molecular weight is 588 g/mol. The van der Waals surface area contributed by atoms with E-state index >= 15 is 0 Å². The molecule has 40 heavy (non-hydrogen) atoms. The minimum absolute atomic E-state index is 0.129. The lowest BCUT2D eigenvalue weighted by Gasteiger charge is -2.36. The van der Waals surface area contributed by atoms with Crippen molar-refractivity contribution < 1.29 is 23.8 Å². The molecule has 2 aliphatic heterocycles. The van der Waals surface area contributed by atoms with Crippen molar-refractivity contribution in [2.45, 2.75) is 6.10 Å². The normalized spacial score (nSPS) is 17.1. The number of piperazine rings is 1. The minimum atomic E-state index is -0.516. The van der Waals surface area contributed by atoms with E-state index in [1.54, 1.807) is 23.1 Å². The van der Waals surface area contributed by atoms with E-state index in [0.717, 1.165) is 18.8 Å². The van der Waals surface area contributed by atoms with Crippen molar-refractivity contribution in [3.63, 3.8) is 0 Å². The predicted octanol–water partition coefficient (Wildman–Crippen LogP) is 3.28. The zero-order chi connectivity index (χ0) is 28.2. The van der Waals surface area contributed by atoms with Crippen LogP contribution in [-0.4, -0.2) is 86.5 Å². The number of anilines is 3. The van der Waals surface area contributed by atoms with Crippen LogP contribution in [0.3, 0.4) is 0 Å². The number of halogens is 2. The lowest BCUT2D eigenvalue weighted by molar-refractivity contribution is 0.0916. The molecule has 1 N–H and O–H groups in total. The van der Waals surface area contributed by atoms with E-state index in [-0.39, 0.29) is 34.2 Å². The van der Waals surface area contributed by atoms with Gasteiger partial charge >= 0.3 is 18.1 Å². The Morgan fingerprint density at radius 3 is 2.10 bits per heavy atom. The highest BCUT2D eigenvalue weighted by molar-refractivity contribution is 6.39. The number of nitrogens with one attached hydrogen (secondary N) is 1. The molecule has 3 aromatic rings. The van der Waals surface area contributed by atoms with Gasteiger partial charge in [0.15, 0.2) is 0 Å². The molecule has 2 saturated heterocycles. The van der Waals surface area contributed by atoms with Crippen molar-refractivity contribution in [1.82, 2.24) is 20.3 Å². The molecule has 14 heteroatoms. The van der Waals surface area contributed by atoms with Gasteiger partial charge in [0.2, 0.25) is 5.95 Å². The first-order valence-corrected chi connectivity index (χ1v) is 13.3. The van der Waals surface area contributed by atoms with Crippen LogP contribution < -0.4 is 29.5 Å². The fourth-order valence-corrected chi connectivity index (χ4v) is 5.08. The lowest BCUT2D eigenvalue weighted by Crippen LogP contribution is -2.47. The minimum Gasteiger partial charge on any atom is -0.467 e. The molecule has 0 aliphatic carbocycles. The van der Waals surface area contributed by atoms with Crippen LogP contribution in [-0.2, 0) is 4.74 Å². The van der Waals surface area contributed by atoms with Gasteiger partial charge < -0.3 is 29.3 Å². The summed E-state index contributed by atoms with van der Waals surface area (Å²) in [6.45, 7) is 3.32. The molecule has 3 heterocycles. The summed E-state index contributed by atoms with van der Waals surface area (Å²) in [6, 6.07) is 13.0. The van der Waals surface area contributed by atoms with Crippen LogP contribution in [0, 0.1) is 0 Å². The number of aromatic nitrogens is 3. The molecule has 1 atom stereocenters. The Bertz CT molecular complexity index is 1340. The van der Waals surface area contributed by atoms with Crippen LogP contribution in [0.25, 0.3) is 0 Å². The Morgan fingerprint density at radius 1 is 0.925 bits per heavy atom. The molecular formula is C26H27Cl2N7O5. The SMILES string of the molecule is COc1nc(OC)nc(N2CCN(c3ccc(N4CC(CNC(=O)c5c(Cl)cccc5Cl)OC4=O)cc3)CC2)n1. The highest BCUT2D eigenvalue weighted by Crippen LogP contribution is 2.27. The summed E-state index contributed by atoms with van der Waals surface area (Å²) in [5, 5.41) is 3.25. The van der Waals surface area contributed by atoms with Crippen molar-refractivity contribution in [3.8, 4) is 12.0 Å². The van der Waals surface area contributed by atoms with E-state index in [1.807, 2.05) is 24.3 Å². The van der Waals surface area contributed by atoms with Crippen molar-refractivity contribution in [3.05, 3.63) is 58.1 Å². The third-order valence-corrected chi connectivity index (χ3v) is 7.22. The van der Waals surface area contributed by atoms with Gasteiger partial charge in [-0.25, -0.2) is 4.79 Å². The van der Waals surface area contributed by atoms with Gasteiger partial charge in [0.05, 0.1) is 42.9 Å². The fourth-order valence-electron chi connectivity index (χ4n) is 4.51. The van der Waals surface area contributed by atoms with E-state index in [1.165, 1.54) is 14.2 Å². The smallest absolute Gasteiger partial charge is 0.414 e. The summed E-state index contributed by atoms with van der Waals surface area (Å²) in [5.74, 6) is 0.0790. The molecule has 2 aliphatic rings. The van der Waals surface area contributed by atoms with E-state index in [0.29, 0.717) is 31.3 Å². The Morgan fingerprint density at radius 2 is 1.50 bits per heavy atom. The number of carbonyl (C=O) groups is 2. The highest BCUT2D eigenvalue weighted by Gasteiger charge is 2.33. The van der Waals surface area contributed by atoms with E-state index in [2.05, 4.69) is 30.1 Å². The molecule has 0 radical (unpaired) electrons. The first-order chi connectivity index (χ1) is 19.4. The molecule has 2 aromatic carbocycles. The zero-order valence-corrected chi connectivity index (χ0v) is 23.4. The van der Waals surface area contributed by atoms with Gasteiger partial charge in [-0.05, 0) is 36.4 Å². The van der Waals surface area contributed by atoms with Gasteiger partial charge in [0.1, 0.15) is 6.10 Å². The summed E-state index contributed by atoms with van der Waals surface area (Å²) >= 11 is 12.2. The summed E-state index contributed by atoms with van der Waals surface area (Å²) in [7, 11) is 3.00. The Kier molecular flexibility index (Phi) is 8.27. The van der Waals surface area contributed by atoms with Crippen LogP contribution >= 0.6 is 23.2 Å². The maximum atomic E-state index is 12.6. The quantitative estimate of drug-likeness (QED) is 0.420. The molecule has 210 valence electrons. The van der Waals surface area contributed by atoms with Gasteiger partial charge in [-0.1, -0.05) is 29.3 Å². The van der Waals surface area contributed by atoms with Crippen molar-refractivity contribution in [1.29, 1.82) is 0 Å². The van der Waals surface area contributed by atoms with Gasteiger partial charge in [-0.3, -0.25) is 9.69 Å². The summed E-state index contributed by atoms with van der Waals surface area (Å²) in [6.07, 6.45) is -0.988. The molecule has 0 saturated carbocycles. The third kappa shape index (κ3) is 5.92. The Labute approximate surface area is 240 Å². The number of rotatable bonds is 8. The van der Waals surface area contributed by atoms with Gasteiger partial charge in [-0.15, -0.1) is 4.98 Å². The van der Waals surface area contributed by atoms with Crippen LogP contribution in [0.4, 0.5) is 22.1 Å². The second kappa shape index (κ2) is 12.0. The number of methoxy groups -OCH3 is 2. The van der Waals surface area contributed by atoms with Crippen LogP contribution in [0.15, 0.2) is 42.5 Å². The van der Waals surface area contributed by atoms with Crippen molar-refractivity contribution in [2.24, 2.45) is 0 Å². The fraction of sp³-hybridized carbons (Fsp3) is 0.346. The van der Waals surface area contributed by atoms with E-state index in [4.69, 9.17) is 37.4 Å². The Hall–Kier alpha value is -4.03. The van der Waals surface area contributed by atoms with Crippen LogP contribution in [0.1, 0.15) is 10.4 Å². The second-order valence-electron chi connectivity index (χ2n) is 9.02. The largest absolute Gasteiger partial charge is 0.467 e. The molecule has 1 unspecified atom stereocenters. The molecule has 5 rings (SSSR count). The number of hydrogen-bond acceptors (Lipinski definition) is 10. The molecular weight excluding hydrogens is 561 g/mol. The predicted molar refractivity (Wildman–Crippen MR) is 150 cm³/mol. The zero-order valence-electron chi connectivity index (χ0n) is 21.8. The lowest BCUT2D eigenvalue weighted by atomic mass is 10.2. The topological polar surface area (TPSA) is 122 Å². The van der Waals surface area contributed by atoms with E-state index < -0.39 is 18.1 Å². The van der Waals surface area contributed by atoms with Crippen LogP contribution in [0.2, 0.25) is 10.0 Å². The van der Waals surface area contributed by atoms with Gasteiger partial charge in [-0.2, -0.15) is 9.97 Å². The molecule has 12 nitrogen and oxygen atoms in total. The average Bonchev–Trinajstić information content (AvgIpc) is 3.36. The summed E-state index contributed by atoms with van der Waals surface area (Å²) in [5.41, 5.74) is 1.93. The molecule has 0 bridgehead atoms. The number of hydrogen-bond donors (Lipinski definition) is 1. The molecule has 2 fully saturated rings. The number of carbonyl (C=O) groups excluding carboxylic acids is 2. The summed E-state index contributed by atoms with van der Waals surface area (Å²) < 4.78 is 15.8. The molecule has 1 aromatic heterocycles. The number of benzene rings is 2.